The summed E-state index contributed by atoms with van der Waals surface area (Å²) in [5, 5.41) is 10.5. The van der Waals surface area contributed by atoms with Crippen molar-refractivity contribution in [3.63, 3.8) is 0 Å². The van der Waals surface area contributed by atoms with Crippen molar-refractivity contribution >= 4 is 12.2 Å². The molecule has 1 aromatic rings. The molecule has 3 heteroatoms. The lowest BCUT2D eigenvalue weighted by atomic mass is 10.3. The van der Waals surface area contributed by atoms with E-state index in [-0.39, 0.29) is 0 Å². The van der Waals surface area contributed by atoms with Gasteiger partial charge in [-0.2, -0.15) is 15.4 Å². The van der Waals surface area contributed by atoms with Gasteiger partial charge in [-0.3, -0.25) is 0 Å². The Labute approximate surface area is 65.8 Å². The fourth-order valence-electron chi connectivity index (χ4n) is 0.808. The highest BCUT2D eigenvalue weighted by molar-refractivity contribution is 5.58. The molecule has 0 fully saturated rings. The molecule has 11 heavy (non-hydrogen) atoms. The van der Waals surface area contributed by atoms with E-state index < -0.39 is 0 Å². The lowest BCUT2D eigenvalue weighted by Crippen LogP contribution is -1.75. The van der Waals surface area contributed by atoms with Crippen LogP contribution in [0.3, 0.4) is 0 Å². The van der Waals surface area contributed by atoms with Crippen molar-refractivity contribution in [3.05, 3.63) is 23.5 Å². The van der Waals surface area contributed by atoms with E-state index in [0.29, 0.717) is 0 Å². The van der Waals surface area contributed by atoms with Gasteiger partial charge in [0.05, 0.1) is 0 Å². The molecular weight excluding hydrogens is 138 g/mol. The number of nitrogens with zero attached hydrogens (tertiary/aromatic N) is 2. The summed E-state index contributed by atoms with van der Waals surface area (Å²) >= 11 is 0. The van der Waals surface area contributed by atoms with Crippen molar-refractivity contribution in [1.82, 2.24) is 15.4 Å². The van der Waals surface area contributed by atoms with Gasteiger partial charge in [0.15, 0.2) is 0 Å². The Bertz CT molecular complexity index is 244. The zero-order chi connectivity index (χ0) is 8.10. The molecule has 0 aromatic carbocycles. The van der Waals surface area contributed by atoms with Gasteiger partial charge in [0, 0.05) is 0 Å². The molecule has 0 unspecified atom stereocenters. The molecule has 0 aliphatic carbocycles. The van der Waals surface area contributed by atoms with E-state index in [1.807, 2.05) is 38.2 Å². The van der Waals surface area contributed by atoms with Crippen LogP contribution in [-0.4, -0.2) is 15.4 Å². The molecule has 0 aliphatic rings. The van der Waals surface area contributed by atoms with Crippen molar-refractivity contribution in [2.24, 2.45) is 0 Å². The third-order valence-electron chi connectivity index (χ3n) is 1.25. The highest BCUT2D eigenvalue weighted by Crippen LogP contribution is 2.04. The number of hydrogen-bond acceptors (Lipinski definition) is 2. The molecule has 58 valence electrons. The predicted octanol–water partition coefficient (Wildman–Crippen LogP) is 1.87. The maximum Gasteiger partial charge on any atom is 0.112 e. The van der Waals surface area contributed by atoms with Crippen LogP contribution in [0.4, 0.5) is 0 Å². The fraction of sp³-hybridized carbons (Fsp3) is 0.250. The summed E-state index contributed by atoms with van der Waals surface area (Å²) in [6, 6.07) is 0. The van der Waals surface area contributed by atoms with Crippen LogP contribution in [0.2, 0.25) is 0 Å². The Balaban J connectivity index is 2.95. The van der Waals surface area contributed by atoms with Crippen molar-refractivity contribution in [1.29, 1.82) is 0 Å². The normalized spacial score (nSPS) is 11.8. The molecule has 0 aliphatic heterocycles. The first-order valence-electron chi connectivity index (χ1n) is 3.54. The molecule has 0 radical (unpaired) electrons. The minimum atomic E-state index is 0.880. The largest absolute Gasteiger partial charge is 0.197 e. The molecule has 0 spiro atoms. The molecule has 0 amide bonds. The number of rotatable bonds is 2. The molecular formula is C8H11N3. The summed E-state index contributed by atoms with van der Waals surface area (Å²) < 4.78 is 0. The second-order valence-electron chi connectivity index (χ2n) is 2.09. The van der Waals surface area contributed by atoms with Gasteiger partial charge < -0.3 is 0 Å². The van der Waals surface area contributed by atoms with E-state index in [1.54, 1.807) is 0 Å². The SMILES string of the molecule is C/C=C\c1n[nH]nc1/C=C\C. The predicted molar refractivity (Wildman–Crippen MR) is 45.8 cm³/mol. The summed E-state index contributed by atoms with van der Waals surface area (Å²) in [5.41, 5.74) is 1.76. The summed E-state index contributed by atoms with van der Waals surface area (Å²) in [6.45, 7) is 3.90. The first-order chi connectivity index (χ1) is 5.38. The molecule has 3 nitrogen and oxygen atoms in total. The molecule has 0 saturated carbocycles. The topological polar surface area (TPSA) is 41.6 Å². The average Bonchev–Trinajstić information content (AvgIpc) is 2.39. The van der Waals surface area contributed by atoms with Gasteiger partial charge in [0.1, 0.15) is 11.4 Å². The summed E-state index contributed by atoms with van der Waals surface area (Å²) in [5.74, 6) is 0. The minimum Gasteiger partial charge on any atom is -0.197 e. The smallest absolute Gasteiger partial charge is 0.112 e. The van der Waals surface area contributed by atoms with Crippen molar-refractivity contribution < 1.29 is 0 Å². The standard InChI is InChI=1S/C8H11N3/c1-3-5-7-8(6-4-2)10-11-9-7/h3-6H,1-2H3,(H,9,10,11)/b5-3-,6-4-. The summed E-state index contributed by atoms with van der Waals surface area (Å²) in [4.78, 5) is 0. The average molecular weight is 149 g/mol. The van der Waals surface area contributed by atoms with Gasteiger partial charge in [-0.1, -0.05) is 12.2 Å². The summed E-state index contributed by atoms with van der Waals surface area (Å²) in [6.07, 6.45) is 7.70. The van der Waals surface area contributed by atoms with Crippen LogP contribution in [0.5, 0.6) is 0 Å². The molecule has 0 atom stereocenters. The van der Waals surface area contributed by atoms with Gasteiger partial charge in [0.2, 0.25) is 0 Å². The zero-order valence-electron chi connectivity index (χ0n) is 6.70. The Kier molecular flexibility index (Phi) is 2.60. The second kappa shape index (κ2) is 3.71. The van der Waals surface area contributed by atoms with Gasteiger partial charge in [-0.25, -0.2) is 0 Å². The zero-order valence-corrected chi connectivity index (χ0v) is 6.70. The first kappa shape index (κ1) is 7.72. The maximum absolute atomic E-state index is 3.95. The number of hydrogen-bond donors (Lipinski definition) is 1. The van der Waals surface area contributed by atoms with Crippen LogP contribution in [0.15, 0.2) is 12.2 Å². The van der Waals surface area contributed by atoms with E-state index in [1.165, 1.54) is 0 Å². The Morgan fingerprint density at radius 3 is 1.82 bits per heavy atom. The monoisotopic (exact) mass is 149 g/mol. The Morgan fingerprint density at radius 2 is 1.45 bits per heavy atom. The molecule has 0 saturated heterocycles. The number of allylic oxidation sites excluding steroid dienone is 2. The van der Waals surface area contributed by atoms with E-state index in [4.69, 9.17) is 0 Å². The Morgan fingerprint density at radius 1 is 1.00 bits per heavy atom. The number of nitrogens with one attached hydrogen (secondary N) is 1. The van der Waals surface area contributed by atoms with Gasteiger partial charge in [-0.15, -0.1) is 0 Å². The van der Waals surface area contributed by atoms with Crippen LogP contribution >= 0.6 is 0 Å². The van der Waals surface area contributed by atoms with Crippen LogP contribution in [0.1, 0.15) is 25.2 Å². The van der Waals surface area contributed by atoms with Crippen molar-refractivity contribution in [2.75, 3.05) is 0 Å². The quantitative estimate of drug-likeness (QED) is 0.697. The van der Waals surface area contributed by atoms with Crippen molar-refractivity contribution in [2.45, 2.75) is 13.8 Å². The number of aromatic nitrogens is 3. The second-order valence-corrected chi connectivity index (χ2v) is 2.09. The molecule has 1 N–H and O–H groups in total. The Hall–Kier alpha value is -1.38. The maximum atomic E-state index is 3.95. The molecule has 1 heterocycles. The van der Waals surface area contributed by atoms with E-state index in [9.17, 15) is 0 Å². The first-order valence-corrected chi connectivity index (χ1v) is 3.54. The highest BCUT2D eigenvalue weighted by atomic mass is 15.3. The van der Waals surface area contributed by atoms with Gasteiger partial charge in [-0.05, 0) is 26.0 Å². The van der Waals surface area contributed by atoms with Gasteiger partial charge in [0.25, 0.3) is 0 Å². The van der Waals surface area contributed by atoms with E-state index >= 15 is 0 Å². The minimum absolute atomic E-state index is 0.880. The number of aromatic amines is 1. The van der Waals surface area contributed by atoms with E-state index in [2.05, 4.69) is 15.4 Å². The number of H-pyrrole nitrogens is 1. The van der Waals surface area contributed by atoms with Crippen LogP contribution in [-0.2, 0) is 0 Å². The highest BCUT2D eigenvalue weighted by Gasteiger charge is 1.97. The van der Waals surface area contributed by atoms with E-state index in [0.717, 1.165) is 11.4 Å². The van der Waals surface area contributed by atoms with Gasteiger partial charge >= 0.3 is 0 Å². The van der Waals surface area contributed by atoms with Crippen LogP contribution < -0.4 is 0 Å². The fourth-order valence-corrected chi connectivity index (χ4v) is 0.808. The van der Waals surface area contributed by atoms with Crippen LogP contribution in [0, 0.1) is 0 Å². The third-order valence-corrected chi connectivity index (χ3v) is 1.25. The third kappa shape index (κ3) is 1.77. The molecule has 1 rings (SSSR count). The lowest BCUT2D eigenvalue weighted by molar-refractivity contribution is 0.934. The lowest BCUT2D eigenvalue weighted by Gasteiger charge is -1.83. The van der Waals surface area contributed by atoms with Crippen molar-refractivity contribution in [3.8, 4) is 0 Å². The summed E-state index contributed by atoms with van der Waals surface area (Å²) in [7, 11) is 0. The molecule has 0 bridgehead atoms. The molecule has 1 aromatic heterocycles. The van der Waals surface area contributed by atoms with Crippen LogP contribution in [0.25, 0.3) is 12.2 Å².